The standard InChI is InChI=1S/C13H18O2/c1-2-5-9-8-12(14)13(15)11-7-4-3-6-10(9)11/h8,14-15H,2-7H2,1H3. The molecular formula is C13H18O2. The smallest absolute Gasteiger partial charge is 0.160 e. The van der Waals surface area contributed by atoms with Gasteiger partial charge in [0.2, 0.25) is 0 Å². The third kappa shape index (κ3) is 1.81. The van der Waals surface area contributed by atoms with Crippen molar-refractivity contribution in [2.75, 3.05) is 0 Å². The maximum Gasteiger partial charge on any atom is 0.160 e. The monoisotopic (exact) mass is 206 g/mol. The number of hydrogen-bond donors (Lipinski definition) is 2. The van der Waals surface area contributed by atoms with Gasteiger partial charge in [-0.3, -0.25) is 0 Å². The van der Waals surface area contributed by atoms with Crippen LogP contribution in [0.2, 0.25) is 0 Å². The first-order valence-corrected chi connectivity index (χ1v) is 5.79. The van der Waals surface area contributed by atoms with Crippen molar-refractivity contribution in [2.24, 2.45) is 0 Å². The van der Waals surface area contributed by atoms with E-state index in [1.54, 1.807) is 6.07 Å². The van der Waals surface area contributed by atoms with Crippen molar-refractivity contribution < 1.29 is 10.2 Å². The summed E-state index contributed by atoms with van der Waals surface area (Å²) in [4.78, 5) is 0. The van der Waals surface area contributed by atoms with Gasteiger partial charge in [-0.2, -0.15) is 0 Å². The van der Waals surface area contributed by atoms with Crippen molar-refractivity contribution >= 4 is 0 Å². The topological polar surface area (TPSA) is 40.5 Å². The molecule has 1 aromatic carbocycles. The Morgan fingerprint density at radius 3 is 2.47 bits per heavy atom. The number of phenols is 2. The van der Waals surface area contributed by atoms with Crippen LogP contribution in [0.25, 0.3) is 0 Å². The lowest BCUT2D eigenvalue weighted by Gasteiger charge is -2.21. The molecule has 0 spiro atoms. The van der Waals surface area contributed by atoms with E-state index in [1.165, 1.54) is 17.5 Å². The summed E-state index contributed by atoms with van der Waals surface area (Å²) in [5.41, 5.74) is 3.51. The molecule has 1 aromatic rings. The van der Waals surface area contributed by atoms with Crippen LogP contribution in [0.3, 0.4) is 0 Å². The molecule has 1 aliphatic rings. The zero-order chi connectivity index (χ0) is 10.8. The van der Waals surface area contributed by atoms with Gasteiger partial charge < -0.3 is 10.2 Å². The van der Waals surface area contributed by atoms with Gasteiger partial charge in [-0.05, 0) is 49.3 Å². The Hall–Kier alpha value is -1.18. The maximum atomic E-state index is 9.79. The molecule has 0 aliphatic heterocycles. The maximum absolute atomic E-state index is 9.79. The Morgan fingerprint density at radius 2 is 1.80 bits per heavy atom. The second kappa shape index (κ2) is 4.13. The predicted molar refractivity (Wildman–Crippen MR) is 60.4 cm³/mol. The molecule has 2 heteroatoms. The highest BCUT2D eigenvalue weighted by atomic mass is 16.3. The molecule has 2 nitrogen and oxygen atoms in total. The van der Waals surface area contributed by atoms with Gasteiger partial charge in [0.1, 0.15) is 0 Å². The van der Waals surface area contributed by atoms with Crippen molar-refractivity contribution in [1.29, 1.82) is 0 Å². The summed E-state index contributed by atoms with van der Waals surface area (Å²) in [6, 6.07) is 1.74. The van der Waals surface area contributed by atoms with Crippen LogP contribution in [0.5, 0.6) is 11.5 Å². The van der Waals surface area contributed by atoms with Crippen molar-refractivity contribution in [3.63, 3.8) is 0 Å². The van der Waals surface area contributed by atoms with E-state index in [9.17, 15) is 10.2 Å². The van der Waals surface area contributed by atoms with Gasteiger partial charge in [0.25, 0.3) is 0 Å². The Balaban J connectivity index is 2.51. The van der Waals surface area contributed by atoms with E-state index < -0.39 is 0 Å². The van der Waals surface area contributed by atoms with Crippen LogP contribution < -0.4 is 0 Å². The Bertz CT molecular complexity index is 369. The van der Waals surface area contributed by atoms with Crippen LogP contribution in [0.15, 0.2) is 6.07 Å². The van der Waals surface area contributed by atoms with E-state index in [1.807, 2.05) is 0 Å². The van der Waals surface area contributed by atoms with Crippen LogP contribution >= 0.6 is 0 Å². The van der Waals surface area contributed by atoms with Crippen molar-refractivity contribution in [3.05, 3.63) is 22.8 Å². The van der Waals surface area contributed by atoms with Crippen LogP contribution in [-0.2, 0) is 19.3 Å². The molecule has 2 rings (SSSR count). The molecule has 0 aromatic heterocycles. The van der Waals surface area contributed by atoms with Gasteiger partial charge in [-0.15, -0.1) is 0 Å². The lowest BCUT2D eigenvalue weighted by molar-refractivity contribution is 0.395. The molecule has 0 radical (unpaired) electrons. The summed E-state index contributed by atoms with van der Waals surface area (Å²) < 4.78 is 0. The molecule has 0 atom stereocenters. The fourth-order valence-electron chi connectivity index (χ4n) is 2.49. The zero-order valence-corrected chi connectivity index (χ0v) is 9.21. The van der Waals surface area contributed by atoms with E-state index in [2.05, 4.69) is 6.92 Å². The molecule has 0 fully saturated rings. The molecule has 0 saturated heterocycles. The fourth-order valence-corrected chi connectivity index (χ4v) is 2.49. The number of hydrogen-bond acceptors (Lipinski definition) is 2. The molecule has 0 amide bonds. The van der Waals surface area contributed by atoms with Gasteiger partial charge in [0.05, 0.1) is 0 Å². The summed E-state index contributed by atoms with van der Waals surface area (Å²) in [5.74, 6) is 0.170. The highest BCUT2D eigenvalue weighted by molar-refractivity contribution is 5.54. The highest BCUT2D eigenvalue weighted by Crippen LogP contribution is 2.38. The van der Waals surface area contributed by atoms with Gasteiger partial charge in [0.15, 0.2) is 11.5 Å². The fraction of sp³-hybridized carbons (Fsp3) is 0.538. The minimum absolute atomic E-state index is 0.0547. The van der Waals surface area contributed by atoms with Gasteiger partial charge in [-0.25, -0.2) is 0 Å². The van der Waals surface area contributed by atoms with E-state index in [0.29, 0.717) is 0 Å². The van der Waals surface area contributed by atoms with E-state index in [-0.39, 0.29) is 11.5 Å². The molecule has 0 bridgehead atoms. The molecule has 1 aliphatic carbocycles. The van der Waals surface area contributed by atoms with Crippen molar-refractivity contribution in [3.8, 4) is 11.5 Å². The van der Waals surface area contributed by atoms with Crippen molar-refractivity contribution in [2.45, 2.75) is 45.4 Å². The Labute approximate surface area is 90.6 Å². The lowest BCUT2D eigenvalue weighted by atomic mass is 9.86. The SMILES string of the molecule is CCCc1cc(O)c(O)c2c1CCCC2. The summed E-state index contributed by atoms with van der Waals surface area (Å²) in [6.45, 7) is 2.14. The van der Waals surface area contributed by atoms with Crippen LogP contribution in [0.1, 0.15) is 42.9 Å². The number of benzene rings is 1. The normalized spacial score (nSPS) is 15.0. The van der Waals surface area contributed by atoms with Gasteiger partial charge in [-0.1, -0.05) is 13.3 Å². The number of rotatable bonds is 2. The summed E-state index contributed by atoms with van der Waals surface area (Å²) in [6.07, 6.45) is 6.36. The zero-order valence-electron chi connectivity index (χ0n) is 9.21. The minimum Gasteiger partial charge on any atom is -0.504 e. The van der Waals surface area contributed by atoms with E-state index in [4.69, 9.17) is 0 Å². The van der Waals surface area contributed by atoms with E-state index >= 15 is 0 Å². The first-order valence-electron chi connectivity index (χ1n) is 5.79. The number of phenolic OH excluding ortho intramolecular Hbond substituents is 2. The average Bonchev–Trinajstić information content (AvgIpc) is 2.26. The molecule has 82 valence electrons. The van der Waals surface area contributed by atoms with E-state index in [0.717, 1.165) is 37.7 Å². The van der Waals surface area contributed by atoms with Crippen LogP contribution in [0.4, 0.5) is 0 Å². The number of fused-ring (bicyclic) bond motifs is 1. The molecule has 0 unspecified atom stereocenters. The number of aryl methyl sites for hydroxylation is 1. The summed E-state index contributed by atoms with van der Waals surface area (Å²) in [5, 5.41) is 19.4. The first-order chi connectivity index (χ1) is 7.24. The second-order valence-corrected chi connectivity index (χ2v) is 4.32. The lowest BCUT2D eigenvalue weighted by Crippen LogP contribution is -2.07. The molecule has 0 saturated carbocycles. The van der Waals surface area contributed by atoms with Gasteiger partial charge in [0, 0.05) is 5.56 Å². The van der Waals surface area contributed by atoms with Gasteiger partial charge >= 0.3 is 0 Å². The Morgan fingerprint density at radius 1 is 1.13 bits per heavy atom. The largest absolute Gasteiger partial charge is 0.504 e. The third-order valence-corrected chi connectivity index (χ3v) is 3.21. The third-order valence-electron chi connectivity index (χ3n) is 3.21. The van der Waals surface area contributed by atoms with Crippen LogP contribution in [0, 0.1) is 0 Å². The Kier molecular flexibility index (Phi) is 2.85. The molecule has 2 N–H and O–H groups in total. The summed E-state index contributed by atoms with van der Waals surface area (Å²) in [7, 11) is 0. The predicted octanol–water partition coefficient (Wildman–Crippen LogP) is 2.93. The molecular weight excluding hydrogens is 188 g/mol. The van der Waals surface area contributed by atoms with Crippen LogP contribution in [-0.4, -0.2) is 10.2 Å². The van der Waals surface area contributed by atoms with Crippen molar-refractivity contribution in [1.82, 2.24) is 0 Å². The number of aromatic hydroxyl groups is 2. The highest BCUT2D eigenvalue weighted by Gasteiger charge is 2.19. The summed E-state index contributed by atoms with van der Waals surface area (Å²) >= 11 is 0. The first kappa shape index (κ1) is 10.3. The molecule has 15 heavy (non-hydrogen) atoms. The minimum atomic E-state index is 0.0547. The quantitative estimate of drug-likeness (QED) is 0.730. The average molecular weight is 206 g/mol. The molecule has 0 heterocycles. The second-order valence-electron chi connectivity index (χ2n) is 4.32.